The van der Waals surface area contributed by atoms with Gasteiger partial charge in [-0.05, 0) is 37.1 Å². The quantitative estimate of drug-likeness (QED) is 0.462. The predicted molar refractivity (Wildman–Crippen MR) is 109 cm³/mol. The minimum atomic E-state index is -0.315. The molecule has 5 nitrogen and oxygen atoms in total. The Balaban J connectivity index is 1.78. The number of hydrogen-bond donors (Lipinski definition) is 1. The lowest BCUT2D eigenvalue weighted by Crippen LogP contribution is -2.44. The largest absolute Gasteiger partial charge is 0.352 e. The molecule has 0 radical (unpaired) electrons. The first kappa shape index (κ1) is 19.2. The van der Waals surface area contributed by atoms with E-state index in [2.05, 4.69) is 23.8 Å². The molecule has 1 aliphatic rings. The first-order valence-corrected chi connectivity index (χ1v) is 10.8. The summed E-state index contributed by atoms with van der Waals surface area (Å²) in [6.07, 6.45) is 6.31. The molecular weight excluding hydrogens is 366 g/mol. The molecule has 3 rings (SSSR count). The van der Waals surface area contributed by atoms with E-state index in [0.717, 1.165) is 6.42 Å². The smallest absolute Gasteiger partial charge is 0.263 e. The number of nitrogens with one attached hydrogen (secondary N) is 1. The molecule has 1 N–H and O–H groups in total. The molecule has 26 heavy (non-hydrogen) atoms. The second-order valence-corrected chi connectivity index (χ2v) is 9.08. The lowest BCUT2D eigenvalue weighted by molar-refractivity contribution is -0.121. The molecule has 0 spiro atoms. The van der Waals surface area contributed by atoms with Gasteiger partial charge in [-0.3, -0.25) is 14.2 Å². The summed E-state index contributed by atoms with van der Waals surface area (Å²) in [7, 11) is 0. The molecule has 1 amide bonds. The monoisotopic (exact) mass is 391 g/mol. The van der Waals surface area contributed by atoms with E-state index in [0.29, 0.717) is 27.8 Å². The van der Waals surface area contributed by atoms with Crippen LogP contribution in [0.5, 0.6) is 0 Å². The van der Waals surface area contributed by atoms with Crippen LogP contribution in [0.15, 0.2) is 34.1 Å². The SMILES string of the molecule is C=CCn1c(SC(C)C(=O)NC2CCCCC2C)nc2sccc2c1=O. The van der Waals surface area contributed by atoms with E-state index in [-0.39, 0.29) is 22.8 Å². The van der Waals surface area contributed by atoms with Crippen LogP contribution in [0.2, 0.25) is 0 Å². The van der Waals surface area contributed by atoms with Gasteiger partial charge < -0.3 is 5.32 Å². The summed E-state index contributed by atoms with van der Waals surface area (Å²) in [5.41, 5.74) is -0.0767. The maximum atomic E-state index is 12.7. The van der Waals surface area contributed by atoms with Gasteiger partial charge in [0.25, 0.3) is 5.56 Å². The first-order chi connectivity index (χ1) is 12.5. The zero-order valence-electron chi connectivity index (χ0n) is 15.2. The molecule has 2 aromatic rings. The summed E-state index contributed by atoms with van der Waals surface area (Å²) >= 11 is 2.78. The van der Waals surface area contributed by atoms with Crippen molar-refractivity contribution < 1.29 is 4.79 Å². The van der Waals surface area contributed by atoms with Gasteiger partial charge in [0.2, 0.25) is 5.91 Å². The van der Waals surface area contributed by atoms with Crippen LogP contribution in [0.3, 0.4) is 0 Å². The fraction of sp³-hybridized carbons (Fsp3) is 0.526. The van der Waals surface area contributed by atoms with Crippen LogP contribution in [0.25, 0.3) is 10.2 Å². The van der Waals surface area contributed by atoms with Gasteiger partial charge in [-0.2, -0.15) is 0 Å². The second kappa shape index (κ2) is 8.39. The summed E-state index contributed by atoms with van der Waals surface area (Å²) in [4.78, 5) is 30.7. The maximum absolute atomic E-state index is 12.7. The molecule has 140 valence electrons. The van der Waals surface area contributed by atoms with Crippen LogP contribution in [0, 0.1) is 5.92 Å². The van der Waals surface area contributed by atoms with Crippen LogP contribution in [-0.2, 0) is 11.3 Å². The van der Waals surface area contributed by atoms with E-state index in [1.807, 2.05) is 12.3 Å². The van der Waals surface area contributed by atoms with Crippen LogP contribution in [0.1, 0.15) is 39.5 Å². The third-order valence-corrected chi connectivity index (χ3v) is 6.85. The molecule has 0 aliphatic heterocycles. The molecule has 3 unspecified atom stereocenters. The maximum Gasteiger partial charge on any atom is 0.263 e. The molecule has 2 aromatic heterocycles. The van der Waals surface area contributed by atoms with Gasteiger partial charge in [-0.25, -0.2) is 4.98 Å². The molecule has 1 aliphatic carbocycles. The average molecular weight is 392 g/mol. The van der Waals surface area contributed by atoms with Gasteiger partial charge in [-0.15, -0.1) is 17.9 Å². The Morgan fingerprint density at radius 1 is 1.54 bits per heavy atom. The fourth-order valence-electron chi connectivity index (χ4n) is 3.35. The molecule has 0 saturated heterocycles. The molecule has 3 atom stereocenters. The number of carbonyl (C=O) groups is 1. The van der Waals surface area contributed by atoms with Gasteiger partial charge in [0.15, 0.2) is 5.16 Å². The van der Waals surface area contributed by atoms with Crippen molar-refractivity contribution in [3.8, 4) is 0 Å². The van der Waals surface area contributed by atoms with Gasteiger partial charge in [0.1, 0.15) is 4.83 Å². The number of allylic oxidation sites excluding steroid dienone is 1. The Labute approximate surface area is 161 Å². The number of nitrogens with zero attached hydrogens (tertiary/aromatic N) is 2. The van der Waals surface area contributed by atoms with Gasteiger partial charge in [0.05, 0.1) is 10.6 Å². The lowest BCUT2D eigenvalue weighted by atomic mass is 9.86. The summed E-state index contributed by atoms with van der Waals surface area (Å²) in [5.74, 6) is 0.531. The molecule has 7 heteroatoms. The van der Waals surface area contributed by atoms with Crippen molar-refractivity contribution in [3.05, 3.63) is 34.5 Å². The Bertz CT molecular complexity index is 858. The highest BCUT2D eigenvalue weighted by Gasteiger charge is 2.26. The molecule has 0 bridgehead atoms. The highest BCUT2D eigenvalue weighted by molar-refractivity contribution is 8.00. The fourth-order valence-corrected chi connectivity index (χ4v) is 5.08. The normalized spacial score (nSPS) is 21.5. The summed E-state index contributed by atoms with van der Waals surface area (Å²) in [6, 6.07) is 2.05. The Morgan fingerprint density at radius 3 is 3.04 bits per heavy atom. The van der Waals surface area contributed by atoms with Gasteiger partial charge >= 0.3 is 0 Å². The second-order valence-electron chi connectivity index (χ2n) is 6.88. The minimum Gasteiger partial charge on any atom is -0.352 e. The number of fused-ring (bicyclic) bond motifs is 1. The van der Waals surface area contributed by atoms with Gasteiger partial charge in [0, 0.05) is 12.6 Å². The van der Waals surface area contributed by atoms with Crippen molar-refractivity contribution in [1.82, 2.24) is 14.9 Å². The zero-order valence-corrected chi connectivity index (χ0v) is 16.9. The van der Waals surface area contributed by atoms with Crippen LogP contribution in [-0.4, -0.2) is 26.8 Å². The molecule has 1 saturated carbocycles. The van der Waals surface area contributed by atoms with Crippen LogP contribution < -0.4 is 10.9 Å². The van der Waals surface area contributed by atoms with Crippen molar-refractivity contribution in [1.29, 1.82) is 0 Å². The van der Waals surface area contributed by atoms with E-state index in [9.17, 15) is 9.59 Å². The van der Waals surface area contributed by atoms with E-state index >= 15 is 0 Å². The van der Waals surface area contributed by atoms with Crippen LogP contribution >= 0.6 is 23.1 Å². The van der Waals surface area contributed by atoms with Crippen molar-refractivity contribution >= 4 is 39.2 Å². The standard InChI is InChI=1S/C19H25N3O2S2/c1-4-10-22-18(24)14-9-11-25-17(14)21-19(22)26-13(3)16(23)20-15-8-6-5-7-12(15)2/h4,9,11-13,15H,1,5-8,10H2,2-3H3,(H,20,23). The van der Waals surface area contributed by atoms with Crippen molar-refractivity contribution in [2.75, 3.05) is 0 Å². The van der Waals surface area contributed by atoms with E-state index in [1.165, 1.54) is 42.4 Å². The number of carbonyl (C=O) groups excluding carboxylic acids is 1. The summed E-state index contributed by atoms with van der Waals surface area (Å²) < 4.78 is 1.60. The summed E-state index contributed by atoms with van der Waals surface area (Å²) in [5, 5.41) is 5.94. The van der Waals surface area contributed by atoms with E-state index < -0.39 is 0 Å². The predicted octanol–water partition coefficient (Wildman–Crippen LogP) is 3.82. The molecule has 0 aromatic carbocycles. The number of aromatic nitrogens is 2. The molecule has 1 fully saturated rings. The zero-order chi connectivity index (χ0) is 18.7. The van der Waals surface area contributed by atoms with Crippen molar-refractivity contribution in [3.63, 3.8) is 0 Å². The Morgan fingerprint density at radius 2 is 2.31 bits per heavy atom. The number of thioether (sulfide) groups is 1. The van der Waals surface area contributed by atoms with Crippen molar-refractivity contribution in [2.45, 2.75) is 62.5 Å². The van der Waals surface area contributed by atoms with Crippen LogP contribution in [0.4, 0.5) is 0 Å². The topological polar surface area (TPSA) is 64.0 Å². The lowest BCUT2D eigenvalue weighted by Gasteiger charge is -2.30. The Hall–Kier alpha value is -1.60. The third-order valence-electron chi connectivity index (χ3n) is 4.95. The number of hydrogen-bond acceptors (Lipinski definition) is 5. The third kappa shape index (κ3) is 4.04. The first-order valence-electron chi connectivity index (χ1n) is 9.07. The van der Waals surface area contributed by atoms with Gasteiger partial charge in [-0.1, -0.05) is 37.6 Å². The average Bonchev–Trinajstić information content (AvgIpc) is 3.09. The van der Waals surface area contributed by atoms with E-state index in [4.69, 9.17) is 0 Å². The molecular formula is C19H25N3O2S2. The van der Waals surface area contributed by atoms with E-state index in [1.54, 1.807) is 16.7 Å². The highest BCUT2D eigenvalue weighted by atomic mass is 32.2. The summed E-state index contributed by atoms with van der Waals surface area (Å²) in [6.45, 7) is 8.19. The Kier molecular flexibility index (Phi) is 6.19. The number of amides is 1. The van der Waals surface area contributed by atoms with Crippen molar-refractivity contribution in [2.24, 2.45) is 5.92 Å². The minimum absolute atomic E-state index is 0.0134. The highest BCUT2D eigenvalue weighted by Crippen LogP contribution is 2.27. The number of rotatable bonds is 6. The molecule has 2 heterocycles. The number of thiophene rings is 1.